The van der Waals surface area contributed by atoms with Gasteiger partial charge in [0.1, 0.15) is 11.4 Å². The standard InChI is InChI=1S/C11H13N3O/c15-10-11(4-6-12-7-5-11)14-8-2-1-3-9(14)13-10/h1-3,8,12H,4-7H2. The summed E-state index contributed by atoms with van der Waals surface area (Å²) >= 11 is 0. The van der Waals surface area contributed by atoms with Crippen LogP contribution in [0.15, 0.2) is 29.4 Å². The van der Waals surface area contributed by atoms with E-state index in [0.717, 1.165) is 31.8 Å². The van der Waals surface area contributed by atoms with Gasteiger partial charge in [-0.3, -0.25) is 4.79 Å². The van der Waals surface area contributed by atoms with Crippen LogP contribution in [0, 0.1) is 0 Å². The molecule has 0 saturated carbocycles. The van der Waals surface area contributed by atoms with E-state index in [1.807, 2.05) is 29.3 Å². The Kier molecular flexibility index (Phi) is 1.79. The first kappa shape index (κ1) is 8.85. The van der Waals surface area contributed by atoms with Gasteiger partial charge in [0, 0.05) is 6.20 Å². The summed E-state index contributed by atoms with van der Waals surface area (Å²) in [5.74, 6) is 0.819. The van der Waals surface area contributed by atoms with Gasteiger partial charge in [0.15, 0.2) is 0 Å². The van der Waals surface area contributed by atoms with Crippen LogP contribution in [-0.4, -0.2) is 35.3 Å². The Balaban J connectivity index is 2.00. The summed E-state index contributed by atoms with van der Waals surface area (Å²) in [6.45, 7) is 1.78. The summed E-state index contributed by atoms with van der Waals surface area (Å²) < 4.78 is 0. The van der Waals surface area contributed by atoms with E-state index in [1.165, 1.54) is 0 Å². The second-order valence-electron chi connectivity index (χ2n) is 4.13. The van der Waals surface area contributed by atoms with Crippen molar-refractivity contribution >= 4 is 11.7 Å². The van der Waals surface area contributed by atoms with Crippen LogP contribution in [0.5, 0.6) is 0 Å². The van der Waals surface area contributed by atoms with E-state index in [2.05, 4.69) is 10.3 Å². The van der Waals surface area contributed by atoms with Crippen LogP contribution >= 0.6 is 0 Å². The fraction of sp³-hybridized carbons (Fsp3) is 0.455. The van der Waals surface area contributed by atoms with E-state index in [0.29, 0.717) is 0 Å². The molecule has 1 spiro atoms. The van der Waals surface area contributed by atoms with E-state index in [-0.39, 0.29) is 11.4 Å². The topological polar surface area (TPSA) is 44.7 Å². The number of amides is 1. The molecule has 1 saturated heterocycles. The maximum absolute atomic E-state index is 12.0. The summed E-state index contributed by atoms with van der Waals surface area (Å²) in [7, 11) is 0. The SMILES string of the molecule is O=C1N=C2C=CC=CN2C12CCNCC2. The van der Waals surface area contributed by atoms with Gasteiger partial charge < -0.3 is 10.2 Å². The molecule has 3 rings (SSSR count). The molecule has 3 heterocycles. The number of carbonyl (C=O) groups excluding carboxylic acids is 1. The van der Waals surface area contributed by atoms with Gasteiger partial charge in [0.2, 0.25) is 0 Å². The van der Waals surface area contributed by atoms with Gasteiger partial charge in [-0.2, -0.15) is 4.99 Å². The number of aliphatic imine (C=N–C) groups is 1. The first-order chi connectivity index (χ1) is 7.33. The molecule has 1 amide bonds. The number of hydrogen-bond acceptors (Lipinski definition) is 3. The number of rotatable bonds is 0. The maximum Gasteiger partial charge on any atom is 0.273 e. The number of allylic oxidation sites excluding steroid dienone is 2. The molecule has 15 heavy (non-hydrogen) atoms. The predicted octanol–water partition coefficient (Wildman–Crippen LogP) is 0.433. The Morgan fingerprint density at radius 2 is 2.13 bits per heavy atom. The molecule has 1 N–H and O–H groups in total. The normalized spacial score (nSPS) is 27.1. The van der Waals surface area contributed by atoms with E-state index in [9.17, 15) is 4.79 Å². The van der Waals surface area contributed by atoms with Crippen molar-refractivity contribution in [3.63, 3.8) is 0 Å². The monoisotopic (exact) mass is 203 g/mol. The third-order valence-electron chi connectivity index (χ3n) is 3.34. The van der Waals surface area contributed by atoms with Gasteiger partial charge in [-0.15, -0.1) is 0 Å². The van der Waals surface area contributed by atoms with Gasteiger partial charge in [-0.25, -0.2) is 0 Å². The summed E-state index contributed by atoms with van der Waals surface area (Å²) in [5.41, 5.74) is -0.387. The Morgan fingerprint density at radius 1 is 1.33 bits per heavy atom. The molecule has 4 heteroatoms. The highest BCUT2D eigenvalue weighted by Crippen LogP contribution is 2.34. The fourth-order valence-electron chi connectivity index (χ4n) is 2.49. The van der Waals surface area contributed by atoms with Crippen molar-refractivity contribution in [1.29, 1.82) is 0 Å². The first-order valence-corrected chi connectivity index (χ1v) is 5.31. The second kappa shape index (κ2) is 3.03. The van der Waals surface area contributed by atoms with Crippen LogP contribution in [0.25, 0.3) is 0 Å². The van der Waals surface area contributed by atoms with Crippen molar-refractivity contribution in [2.45, 2.75) is 18.4 Å². The molecule has 78 valence electrons. The third-order valence-corrected chi connectivity index (χ3v) is 3.34. The second-order valence-corrected chi connectivity index (χ2v) is 4.13. The smallest absolute Gasteiger partial charge is 0.273 e. The third kappa shape index (κ3) is 1.11. The molecular weight excluding hydrogens is 190 g/mol. The molecule has 3 aliphatic rings. The number of amidine groups is 1. The fourth-order valence-corrected chi connectivity index (χ4v) is 2.49. The lowest BCUT2D eigenvalue weighted by molar-refractivity contribution is -0.126. The molecule has 0 radical (unpaired) electrons. The number of nitrogens with one attached hydrogen (secondary N) is 1. The molecule has 0 aromatic rings. The van der Waals surface area contributed by atoms with Gasteiger partial charge >= 0.3 is 0 Å². The zero-order chi connectivity index (χ0) is 10.3. The highest BCUT2D eigenvalue weighted by atomic mass is 16.2. The quantitative estimate of drug-likeness (QED) is 0.621. The van der Waals surface area contributed by atoms with E-state index in [1.54, 1.807) is 0 Å². The predicted molar refractivity (Wildman–Crippen MR) is 57.4 cm³/mol. The van der Waals surface area contributed by atoms with Gasteiger partial charge in [0.25, 0.3) is 5.91 Å². The molecule has 1 fully saturated rings. The van der Waals surface area contributed by atoms with Crippen molar-refractivity contribution in [2.24, 2.45) is 4.99 Å². The van der Waals surface area contributed by atoms with E-state index >= 15 is 0 Å². The molecule has 0 aromatic heterocycles. The summed E-state index contributed by atoms with van der Waals surface area (Å²) in [6, 6.07) is 0. The molecule has 4 nitrogen and oxygen atoms in total. The van der Waals surface area contributed by atoms with Crippen LogP contribution in [0.1, 0.15) is 12.8 Å². The Labute approximate surface area is 88.4 Å². The Bertz CT molecular complexity index is 389. The van der Waals surface area contributed by atoms with Crippen LogP contribution in [0.3, 0.4) is 0 Å². The minimum absolute atomic E-state index is 0.0233. The average molecular weight is 203 g/mol. The van der Waals surface area contributed by atoms with Crippen LogP contribution in [0.4, 0.5) is 0 Å². The van der Waals surface area contributed by atoms with Gasteiger partial charge in [-0.1, -0.05) is 6.08 Å². The Hall–Kier alpha value is -1.42. The van der Waals surface area contributed by atoms with Gasteiger partial charge in [-0.05, 0) is 38.1 Å². The van der Waals surface area contributed by atoms with Crippen molar-refractivity contribution in [3.8, 4) is 0 Å². The van der Waals surface area contributed by atoms with E-state index < -0.39 is 0 Å². The van der Waals surface area contributed by atoms with Crippen molar-refractivity contribution < 1.29 is 4.79 Å². The lowest BCUT2D eigenvalue weighted by atomic mass is 9.86. The molecule has 0 unspecified atom stereocenters. The zero-order valence-corrected chi connectivity index (χ0v) is 8.44. The number of piperidine rings is 1. The van der Waals surface area contributed by atoms with Crippen molar-refractivity contribution in [3.05, 3.63) is 24.4 Å². The molecular formula is C11H13N3O. The van der Waals surface area contributed by atoms with E-state index in [4.69, 9.17) is 0 Å². The Morgan fingerprint density at radius 3 is 2.93 bits per heavy atom. The number of nitrogens with zero attached hydrogens (tertiary/aromatic N) is 2. The molecule has 0 aliphatic carbocycles. The first-order valence-electron chi connectivity index (χ1n) is 5.31. The summed E-state index contributed by atoms with van der Waals surface area (Å²) in [4.78, 5) is 18.2. The lowest BCUT2D eigenvalue weighted by Gasteiger charge is -2.39. The minimum Gasteiger partial charge on any atom is -0.317 e. The average Bonchev–Trinajstić information content (AvgIpc) is 2.55. The molecule has 3 aliphatic heterocycles. The number of fused-ring (bicyclic) bond motifs is 2. The number of hydrogen-bond donors (Lipinski definition) is 1. The molecule has 0 aromatic carbocycles. The highest BCUT2D eigenvalue weighted by molar-refractivity contribution is 6.12. The highest BCUT2D eigenvalue weighted by Gasteiger charge is 2.49. The van der Waals surface area contributed by atoms with Crippen LogP contribution < -0.4 is 5.32 Å². The van der Waals surface area contributed by atoms with Crippen molar-refractivity contribution in [2.75, 3.05) is 13.1 Å². The minimum atomic E-state index is -0.387. The number of carbonyl (C=O) groups is 1. The summed E-state index contributed by atoms with van der Waals surface area (Å²) in [6.07, 6.45) is 9.43. The summed E-state index contributed by atoms with van der Waals surface area (Å²) in [5, 5.41) is 3.28. The van der Waals surface area contributed by atoms with Gasteiger partial charge in [0.05, 0.1) is 0 Å². The van der Waals surface area contributed by atoms with Crippen LogP contribution in [-0.2, 0) is 4.79 Å². The molecule has 0 bridgehead atoms. The largest absolute Gasteiger partial charge is 0.317 e. The zero-order valence-electron chi connectivity index (χ0n) is 8.44. The lowest BCUT2D eigenvalue weighted by Crippen LogP contribution is -2.55. The maximum atomic E-state index is 12.0. The van der Waals surface area contributed by atoms with Crippen LogP contribution in [0.2, 0.25) is 0 Å². The molecule has 0 atom stereocenters. The van der Waals surface area contributed by atoms with Crippen molar-refractivity contribution in [1.82, 2.24) is 10.2 Å².